The average Bonchev–Trinajstić information content (AvgIpc) is 2.78. The molecule has 1 heterocycles. The maximum atomic E-state index is 13.7. The summed E-state index contributed by atoms with van der Waals surface area (Å²) in [5.41, 5.74) is 0.161. The van der Waals surface area contributed by atoms with Crippen molar-refractivity contribution in [2.24, 2.45) is 0 Å². The zero-order valence-corrected chi connectivity index (χ0v) is 18.6. The van der Waals surface area contributed by atoms with Crippen LogP contribution in [0.3, 0.4) is 0 Å². The van der Waals surface area contributed by atoms with Crippen molar-refractivity contribution in [2.45, 2.75) is 30.9 Å². The van der Waals surface area contributed by atoms with Gasteiger partial charge in [-0.05, 0) is 29.8 Å². The fourth-order valence-corrected chi connectivity index (χ4v) is 4.07. The molecule has 0 aromatic heterocycles. The lowest BCUT2D eigenvalue weighted by atomic mass is 10.1. The van der Waals surface area contributed by atoms with Crippen LogP contribution in [0.5, 0.6) is 5.75 Å². The van der Waals surface area contributed by atoms with Gasteiger partial charge in [0.1, 0.15) is 22.9 Å². The molecule has 2 aromatic rings. The minimum Gasteiger partial charge on any atom is -0.497 e. The van der Waals surface area contributed by atoms with Gasteiger partial charge in [-0.15, -0.1) is 11.8 Å². The first-order valence-electron chi connectivity index (χ1n) is 10.1. The Morgan fingerprint density at radius 2 is 2.00 bits per heavy atom. The summed E-state index contributed by atoms with van der Waals surface area (Å²) in [5.74, 6) is -2.01. The Kier molecular flexibility index (Phi) is 8.61. The number of carbonyl (C=O) groups is 3. The number of rotatable bonds is 9. The van der Waals surface area contributed by atoms with Crippen molar-refractivity contribution in [2.75, 3.05) is 18.2 Å². The summed E-state index contributed by atoms with van der Waals surface area (Å²) in [5, 5.41) is 11.0. The minimum atomic E-state index is -0.877. The van der Waals surface area contributed by atoms with Crippen LogP contribution in [0.1, 0.15) is 18.4 Å². The van der Waals surface area contributed by atoms with Gasteiger partial charge in [0.05, 0.1) is 18.6 Å². The fraction of sp³-hybridized carbons (Fsp3) is 0.318. The van der Waals surface area contributed by atoms with Crippen molar-refractivity contribution >= 4 is 35.2 Å². The van der Waals surface area contributed by atoms with Crippen LogP contribution in [0.15, 0.2) is 42.5 Å². The third-order valence-corrected chi connectivity index (χ3v) is 5.77. The van der Waals surface area contributed by atoms with Crippen LogP contribution in [0, 0.1) is 11.6 Å². The van der Waals surface area contributed by atoms with E-state index < -0.39 is 29.1 Å². The summed E-state index contributed by atoms with van der Waals surface area (Å²) >= 11 is 1.09. The van der Waals surface area contributed by atoms with Gasteiger partial charge in [-0.1, -0.05) is 12.1 Å². The average molecular weight is 479 g/mol. The van der Waals surface area contributed by atoms with E-state index >= 15 is 0 Å². The van der Waals surface area contributed by atoms with Crippen molar-refractivity contribution in [1.82, 2.24) is 16.0 Å². The number of nitrogens with one attached hydrogen (secondary N) is 4. The number of methoxy groups -OCH3 is 1. The summed E-state index contributed by atoms with van der Waals surface area (Å²) in [4.78, 5) is 36.5. The molecule has 0 radical (unpaired) electrons. The van der Waals surface area contributed by atoms with Gasteiger partial charge in [0, 0.05) is 31.5 Å². The second kappa shape index (κ2) is 11.6. The molecule has 1 saturated heterocycles. The van der Waals surface area contributed by atoms with Gasteiger partial charge in [0.25, 0.3) is 0 Å². The molecule has 0 spiro atoms. The second-order valence-electron chi connectivity index (χ2n) is 7.33. The Morgan fingerprint density at radius 1 is 1.18 bits per heavy atom. The van der Waals surface area contributed by atoms with E-state index in [1.807, 2.05) is 24.3 Å². The Hall–Kier alpha value is -3.18. The first-order valence-corrected chi connectivity index (χ1v) is 11.2. The highest BCUT2D eigenvalue weighted by Gasteiger charge is 2.28. The van der Waals surface area contributed by atoms with Crippen LogP contribution in [0.2, 0.25) is 0 Å². The molecule has 1 aliphatic heterocycles. The molecule has 2 aromatic carbocycles. The Morgan fingerprint density at radius 3 is 2.76 bits per heavy atom. The number of thioether (sulfide) groups is 1. The van der Waals surface area contributed by atoms with Gasteiger partial charge in [-0.2, -0.15) is 0 Å². The maximum absolute atomic E-state index is 13.7. The molecule has 1 aliphatic rings. The Balaban J connectivity index is 1.44. The quantitative estimate of drug-likeness (QED) is 0.440. The van der Waals surface area contributed by atoms with Gasteiger partial charge in [-0.25, -0.2) is 8.78 Å². The zero-order valence-electron chi connectivity index (χ0n) is 17.8. The predicted octanol–water partition coefficient (Wildman–Crippen LogP) is 2.11. The smallest absolute Gasteiger partial charge is 0.234 e. The van der Waals surface area contributed by atoms with E-state index in [9.17, 15) is 23.2 Å². The number of carbonyl (C=O) groups excluding carboxylic acids is 3. The number of anilines is 1. The molecule has 2 atom stereocenters. The number of hydrogen-bond acceptors (Lipinski definition) is 6. The van der Waals surface area contributed by atoms with E-state index in [4.69, 9.17) is 4.74 Å². The molecule has 3 rings (SSSR count). The highest BCUT2D eigenvalue weighted by molar-refractivity contribution is 8.00. The highest BCUT2D eigenvalue weighted by atomic mass is 32.2. The third kappa shape index (κ3) is 7.72. The number of ether oxygens (including phenoxy) is 1. The molecule has 11 heteroatoms. The first kappa shape index (κ1) is 24.5. The van der Waals surface area contributed by atoms with Crippen LogP contribution in [0.4, 0.5) is 14.5 Å². The largest absolute Gasteiger partial charge is 0.497 e. The molecule has 3 amide bonds. The first-order chi connectivity index (χ1) is 15.8. The molecule has 176 valence electrons. The Labute approximate surface area is 193 Å². The number of amides is 3. The summed E-state index contributed by atoms with van der Waals surface area (Å²) in [6, 6.07) is 9.77. The maximum Gasteiger partial charge on any atom is 0.234 e. The SMILES string of the molecule is COc1cccc(CNC(=O)CC2CC(=O)NC(SCC(=O)Nc3ccc(F)cc3F)N2)c1. The lowest BCUT2D eigenvalue weighted by molar-refractivity contribution is -0.125. The van der Waals surface area contributed by atoms with E-state index in [2.05, 4.69) is 21.3 Å². The summed E-state index contributed by atoms with van der Waals surface area (Å²) < 4.78 is 31.8. The molecule has 0 bridgehead atoms. The molecule has 8 nitrogen and oxygen atoms in total. The highest BCUT2D eigenvalue weighted by Crippen LogP contribution is 2.18. The Bertz CT molecular complexity index is 1020. The van der Waals surface area contributed by atoms with E-state index in [1.165, 1.54) is 0 Å². The van der Waals surface area contributed by atoms with Crippen molar-refractivity contribution in [3.63, 3.8) is 0 Å². The second-order valence-corrected chi connectivity index (χ2v) is 8.42. The van der Waals surface area contributed by atoms with Gasteiger partial charge in [-0.3, -0.25) is 19.7 Å². The minimum absolute atomic E-state index is 0.0848. The lowest BCUT2D eigenvalue weighted by Crippen LogP contribution is -2.56. The molecule has 33 heavy (non-hydrogen) atoms. The predicted molar refractivity (Wildman–Crippen MR) is 120 cm³/mol. The zero-order chi connectivity index (χ0) is 23.8. The van der Waals surface area contributed by atoms with Crippen LogP contribution in [-0.4, -0.2) is 42.1 Å². The summed E-state index contributed by atoms with van der Waals surface area (Å²) in [6.45, 7) is 0.327. The van der Waals surface area contributed by atoms with Crippen LogP contribution < -0.4 is 26.0 Å². The van der Waals surface area contributed by atoms with Crippen molar-refractivity contribution in [1.29, 1.82) is 0 Å². The van der Waals surface area contributed by atoms with E-state index in [1.54, 1.807) is 7.11 Å². The summed E-state index contributed by atoms with van der Waals surface area (Å²) in [6.07, 6.45) is 0.206. The van der Waals surface area contributed by atoms with Crippen LogP contribution in [-0.2, 0) is 20.9 Å². The van der Waals surface area contributed by atoms with Crippen LogP contribution in [0.25, 0.3) is 0 Å². The van der Waals surface area contributed by atoms with Crippen molar-refractivity contribution in [3.8, 4) is 5.75 Å². The number of halogens is 2. The molecular weight excluding hydrogens is 454 g/mol. The number of hydrogen-bond donors (Lipinski definition) is 4. The third-order valence-electron chi connectivity index (χ3n) is 4.75. The molecule has 1 fully saturated rings. The van der Waals surface area contributed by atoms with Crippen molar-refractivity contribution in [3.05, 3.63) is 59.7 Å². The lowest BCUT2D eigenvalue weighted by Gasteiger charge is -2.30. The van der Waals surface area contributed by atoms with Crippen LogP contribution >= 0.6 is 11.8 Å². The number of benzene rings is 2. The monoisotopic (exact) mass is 478 g/mol. The summed E-state index contributed by atoms with van der Waals surface area (Å²) in [7, 11) is 1.57. The van der Waals surface area contributed by atoms with E-state index in [0.717, 1.165) is 29.5 Å². The van der Waals surface area contributed by atoms with Gasteiger partial charge < -0.3 is 20.7 Å². The fourth-order valence-electron chi connectivity index (χ4n) is 3.18. The molecular formula is C22H24F2N4O4S. The van der Waals surface area contributed by atoms with Gasteiger partial charge in [0.15, 0.2) is 0 Å². The van der Waals surface area contributed by atoms with E-state index in [0.29, 0.717) is 18.4 Å². The molecule has 2 unspecified atom stereocenters. The molecule has 4 N–H and O–H groups in total. The molecule has 0 saturated carbocycles. The van der Waals surface area contributed by atoms with E-state index in [-0.39, 0.29) is 36.1 Å². The standard InChI is InChI=1S/C22H24F2N4O4S/c1-32-16-4-2-3-13(7-16)11-25-19(29)9-15-10-20(30)28-22(26-15)33-12-21(31)27-18-6-5-14(23)8-17(18)24/h2-8,15,22,26H,9-12H2,1H3,(H,25,29)(H,27,31)(H,28,30). The molecule has 0 aliphatic carbocycles. The van der Waals surface area contributed by atoms with Gasteiger partial charge in [0.2, 0.25) is 17.7 Å². The van der Waals surface area contributed by atoms with Gasteiger partial charge >= 0.3 is 0 Å². The normalized spacial score (nSPS) is 17.7. The topological polar surface area (TPSA) is 109 Å². The van der Waals surface area contributed by atoms with Crippen molar-refractivity contribution < 1.29 is 27.9 Å².